The van der Waals surface area contributed by atoms with Crippen molar-refractivity contribution in [1.29, 1.82) is 0 Å². The van der Waals surface area contributed by atoms with Gasteiger partial charge in [-0.1, -0.05) is 0 Å². The van der Waals surface area contributed by atoms with Gasteiger partial charge in [-0.25, -0.2) is 15.0 Å². The van der Waals surface area contributed by atoms with Gasteiger partial charge >= 0.3 is 0 Å². The summed E-state index contributed by atoms with van der Waals surface area (Å²) in [6.45, 7) is 0.256. The number of aliphatic imine (C=N–C) groups is 2. The number of carbonyl (C=O) groups is 9. The molecule has 1 saturated heterocycles. The maximum atomic E-state index is 14.3. The number of nitrogens with zero attached hydrogens (tertiary/aromatic N) is 4. The Morgan fingerprint density at radius 1 is 0.684 bits per heavy atom. The second-order valence-corrected chi connectivity index (χ2v) is 18.2. The molecule has 29 nitrogen and oxygen atoms in total. The molecule has 2 rings (SSSR count). The average Bonchev–Trinajstić information content (AvgIpc) is 4.13. The van der Waals surface area contributed by atoms with E-state index >= 15 is 0 Å². The molecule has 1 aromatic heterocycles. The molecule has 2 heterocycles. The molecular formula is C47H84N18O11. The monoisotopic (exact) mass is 1080 g/mol. The van der Waals surface area contributed by atoms with Crippen molar-refractivity contribution >= 4 is 64.6 Å². The van der Waals surface area contributed by atoms with Crippen molar-refractivity contribution in [3.63, 3.8) is 0 Å². The first-order valence-electron chi connectivity index (χ1n) is 26.0. The summed E-state index contributed by atoms with van der Waals surface area (Å²) in [6, 6.07) is -6.44. The third kappa shape index (κ3) is 24.2. The Hall–Kier alpha value is -6.18. The number of likely N-dealkylation sites (tertiary alicyclic amines) is 1. The lowest BCUT2D eigenvalue weighted by Crippen LogP contribution is -2.56. The van der Waals surface area contributed by atoms with Crippen LogP contribution in [0.2, 0.25) is 0 Å². The Morgan fingerprint density at radius 2 is 1.32 bits per heavy atom. The van der Waals surface area contributed by atoms with Gasteiger partial charge in [0, 0.05) is 44.5 Å². The van der Waals surface area contributed by atoms with Crippen LogP contribution in [-0.4, -0.2) is 198 Å². The van der Waals surface area contributed by atoms with Crippen LogP contribution in [0.4, 0.5) is 0 Å². The number of aromatic amines is 1. The van der Waals surface area contributed by atoms with Crippen molar-refractivity contribution < 1.29 is 53.4 Å². The molecule has 29 heteroatoms. The van der Waals surface area contributed by atoms with Gasteiger partial charge in [0.25, 0.3) is 23.6 Å². The topological polar surface area (TPSA) is 505 Å². The van der Waals surface area contributed by atoms with E-state index in [0.29, 0.717) is 70.3 Å². The summed E-state index contributed by atoms with van der Waals surface area (Å²) < 4.78 is 0. The van der Waals surface area contributed by atoms with Gasteiger partial charge in [-0.3, -0.25) is 43.2 Å². The van der Waals surface area contributed by atoms with Gasteiger partial charge in [0.2, 0.25) is 29.5 Å². The second kappa shape index (κ2) is 37.5. The summed E-state index contributed by atoms with van der Waals surface area (Å²) in [5.41, 5.74) is 39.4. The fourth-order valence-corrected chi connectivity index (χ4v) is 7.82. The molecule has 0 unspecified atom stereocenters. The molecule has 0 radical (unpaired) electrons. The van der Waals surface area contributed by atoms with Crippen molar-refractivity contribution in [1.82, 2.24) is 46.8 Å². The molecule has 0 spiro atoms. The first-order valence-corrected chi connectivity index (χ1v) is 26.0. The minimum atomic E-state index is -1.62. The van der Waals surface area contributed by atoms with E-state index in [-0.39, 0.29) is 95.5 Å². The maximum absolute atomic E-state index is 14.3. The van der Waals surface area contributed by atoms with Gasteiger partial charge in [0.05, 0.1) is 31.5 Å². The van der Waals surface area contributed by atoms with E-state index < -0.39 is 115 Å². The van der Waals surface area contributed by atoms with Crippen LogP contribution in [-0.2, 0) is 49.6 Å². The Bertz CT molecular complexity index is 2060. The predicted molar refractivity (Wildman–Crippen MR) is 281 cm³/mol. The molecule has 1 aromatic rings. The molecular weight excluding hydrogens is 993 g/mol. The number of nitrogens with one attached hydrogen (secondary N) is 7. The number of hydrogen-bond acceptors (Lipinski definition) is 19. The zero-order valence-electron chi connectivity index (χ0n) is 43.5. The molecule has 76 heavy (non-hydrogen) atoms. The third-order valence-corrected chi connectivity index (χ3v) is 12.1. The molecule has 1 aliphatic rings. The van der Waals surface area contributed by atoms with Gasteiger partial charge in [-0.2, -0.15) is 0 Å². The molecule has 23 N–H and O–H groups in total. The summed E-state index contributed by atoms with van der Waals surface area (Å²) in [7, 11) is 0. The lowest BCUT2D eigenvalue weighted by molar-refractivity contribution is -0.136. The smallest absolute Gasteiger partial charge is 0.269 e. The molecule has 1 aliphatic heterocycles. The molecule has 7 atom stereocenters. The van der Waals surface area contributed by atoms with E-state index in [1.165, 1.54) is 17.4 Å². The largest absolute Gasteiger partial charge is 0.391 e. The lowest BCUT2D eigenvalue weighted by Gasteiger charge is -2.27. The molecule has 0 aliphatic carbocycles. The van der Waals surface area contributed by atoms with E-state index in [4.69, 9.17) is 40.1 Å². The first-order chi connectivity index (χ1) is 36.5. The molecule has 0 bridgehead atoms. The van der Waals surface area contributed by atoms with Crippen molar-refractivity contribution in [2.24, 2.45) is 50.1 Å². The van der Waals surface area contributed by atoms with Crippen LogP contribution in [0.1, 0.15) is 102 Å². The Kier molecular flexibility index (Phi) is 32.6. The van der Waals surface area contributed by atoms with Crippen LogP contribution in [0.25, 0.3) is 0 Å². The number of hydrogen-bond donors (Lipinski definition) is 16. The van der Waals surface area contributed by atoms with Gasteiger partial charge in [-0.15, -0.1) is 0 Å². The second-order valence-electron chi connectivity index (χ2n) is 18.2. The summed E-state index contributed by atoms with van der Waals surface area (Å²) in [5, 5.41) is 35.5. The van der Waals surface area contributed by atoms with E-state index in [9.17, 15) is 53.4 Å². The number of amides is 9. The molecule has 0 aromatic carbocycles. The highest BCUT2D eigenvalue weighted by Gasteiger charge is 2.38. The number of H-pyrrole nitrogens is 1. The number of aliphatic hydroxyl groups is 2. The standard InChI is InChI=1S/C47H84N18O11/c48-15-3-1-10-31(41(70)56-20-6-5-17-50)60-43(72)33(12-7-18-51)61-42(71)32(11-2-4-16-49)62-44(73)35(22-29-26-55-28-58-29)63-45(74)36-14-9-21-65(36)47(76)34(13-8-19-52)59-39(69)27-57-46(75)40(37(67)25-54)64-38(68)23-30(66)24-53/h26,28,30-32,35-37,40,66-67H,1-25,27,48-54H2,(H,55,58)(H,56,70)(H,57,75)(H,60,72)(H,62,73)(H,63,74)(H,64,68)/b59-34+,61-33+/t30-,31+,32+,35+,36+,37+,40+/m1/s1. The van der Waals surface area contributed by atoms with Gasteiger partial charge in [-0.05, 0) is 123 Å². The minimum Gasteiger partial charge on any atom is -0.391 e. The molecule has 428 valence electrons. The number of rotatable bonds is 38. The number of carbonyl (C=O) groups excluding carboxylic acids is 9. The number of unbranched alkanes of at least 4 members (excludes halogenated alkanes) is 3. The SMILES string of the molecule is NCCCCNC(=O)[C@H](CCCCN)NC(=O)/C(CCCN)=N/C(=O)[C@H](CCCCN)NC(=O)[C@H](Cc1cnc[nH]1)NC(=O)[C@@H]1CCCN1C(=O)/C(CCCN)=N/C(=O)CNC(=O)[C@@H](NC(=O)C[C@@H](O)CN)[C@@H](O)CN. The van der Waals surface area contributed by atoms with Gasteiger partial charge < -0.3 is 92.1 Å². The van der Waals surface area contributed by atoms with Crippen LogP contribution < -0.4 is 72.0 Å². The minimum absolute atomic E-state index is 0.0332. The zero-order chi connectivity index (χ0) is 56.4. The zero-order valence-corrected chi connectivity index (χ0v) is 43.5. The van der Waals surface area contributed by atoms with Crippen molar-refractivity contribution in [2.45, 2.75) is 145 Å². The van der Waals surface area contributed by atoms with Crippen molar-refractivity contribution in [2.75, 3.05) is 65.4 Å². The fourth-order valence-electron chi connectivity index (χ4n) is 7.82. The molecule has 0 saturated carbocycles. The Balaban J connectivity index is 2.40. The normalized spacial score (nSPS) is 16.1. The van der Waals surface area contributed by atoms with E-state index in [1.807, 2.05) is 0 Å². The Morgan fingerprint density at radius 3 is 1.92 bits per heavy atom. The van der Waals surface area contributed by atoms with E-state index in [1.54, 1.807) is 0 Å². The van der Waals surface area contributed by atoms with Gasteiger partial charge in [0.15, 0.2) is 0 Å². The van der Waals surface area contributed by atoms with Crippen LogP contribution >= 0.6 is 0 Å². The third-order valence-electron chi connectivity index (χ3n) is 12.1. The summed E-state index contributed by atoms with van der Waals surface area (Å²) >= 11 is 0. The van der Waals surface area contributed by atoms with Crippen molar-refractivity contribution in [3.05, 3.63) is 18.2 Å². The number of imidazole rings is 1. The maximum Gasteiger partial charge on any atom is 0.269 e. The highest BCUT2D eigenvalue weighted by Crippen LogP contribution is 2.20. The first kappa shape index (κ1) is 65.9. The predicted octanol–water partition coefficient (Wildman–Crippen LogP) is -6.45. The average molecular weight is 1080 g/mol. The lowest BCUT2D eigenvalue weighted by atomic mass is 10.1. The van der Waals surface area contributed by atoms with Gasteiger partial charge in [0.1, 0.15) is 41.6 Å². The highest BCUT2D eigenvalue weighted by molar-refractivity contribution is 6.41. The molecule has 9 amide bonds. The van der Waals surface area contributed by atoms with E-state index in [2.05, 4.69) is 51.9 Å². The summed E-state index contributed by atoms with van der Waals surface area (Å²) in [6.07, 6.45) is 3.76. The number of nitrogens with two attached hydrogens (primary N) is 7. The highest BCUT2D eigenvalue weighted by atomic mass is 16.3. The Labute approximate surface area is 442 Å². The van der Waals surface area contributed by atoms with Crippen molar-refractivity contribution in [3.8, 4) is 0 Å². The van der Waals surface area contributed by atoms with Crippen LogP contribution in [0.3, 0.4) is 0 Å². The van der Waals surface area contributed by atoms with Crippen LogP contribution in [0.15, 0.2) is 22.5 Å². The van der Waals surface area contributed by atoms with Crippen LogP contribution in [0, 0.1) is 0 Å². The molecule has 1 fully saturated rings. The number of aliphatic hydroxyl groups excluding tert-OH is 2. The summed E-state index contributed by atoms with van der Waals surface area (Å²) in [5.74, 6) is -7.26. The van der Waals surface area contributed by atoms with E-state index in [0.717, 1.165) is 0 Å². The number of aromatic nitrogens is 2. The van der Waals surface area contributed by atoms with Crippen LogP contribution in [0.5, 0.6) is 0 Å². The quantitative estimate of drug-likeness (QED) is 0.0216. The summed E-state index contributed by atoms with van der Waals surface area (Å²) in [4.78, 5) is 139. The fraction of sp³-hybridized carbons (Fsp3) is 0.702.